The van der Waals surface area contributed by atoms with Crippen LogP contribution in [0, 0.1) is 6.92 Å². The average Bonchev–Trinajstić information content (AvgIpc) is 2.07. The summed E-state index contributed by atoms with van der Waals surface area (Å²) in [5.74, 6) is 0.655. The van der Waals surface area contributed by atoms with Gasteiger partial charge in [0.2, 0.25) is 0 Å². The molecule has 0 aliphatic heterocycles. The maximum atomic E-state index is 11.4. The van der Waals surface area contributed by atoms with Crippen molar-refractivity contribution in [3.05, 3.63) is 22.2 Å². The van der Waals surface area contributed by atoms with Crippen LogP contribution in [0.3, 0.4) is 0 Å². The molecule has 72 valence electrons. The van der Waals surface area contributed by atoms with Crippen molar-refractivity contribution in [1.29, 1.82) is 0 Å². The summed E-state index contributed by atoms with van der Waals surface area (Å²) in [7, 11) is 1.76. The van der Waals surface area contributed by atoms with Crippen molar-refractivity contribution in [2.75, 3.05) is 12.4 Å². The summed E-state index contributed by atoms with van der Waals surface area (Å²) < 4.78 is 1.62. The fourth-order valence-corrected chi connectivity index (χ4v) is 1.19. The first-order valence-corrected chi connectivity index (χ1v) is 4.33. The number of aromatic nitrogens is 2. The van der Waals surface area contributed by atoms with Crippen LogP contribution < -0.4 is 11.0 Å². The third-order valence-electron chi connectivity index (χ3n) is 1.93. The minimum absolute atomic E-state index is 0.157. The fourth-order valence-electron chi connectivity index (χ4n) is 1.19. The lowest BCUT2D eigenvalue weighted by atomic mass is 10.3. The average molecular weight is 181 g/mol. The van der Waals surface area contributed by atoms with Crippen LogP contribution in [0.15, 0.2) is 11.0 Å². The van der Waals surface area contributed by atoms with Gasteiger partial charge in [-0.15, -0.1) is 0 Å². The lowest BCUT2D eigenvalue weighted by Crippen LogP contribution is -2.25. The molecule has 0 saturated carbocycles. The van der Waals surface area contributed by atoms with E-state index in [0.717, 1.165) is 5.56 Å². The van der Waals surface area contributed by atoms with E-state index >= 15 is 0 Å². The highest BCUT2D eigenvalue weighted by atomic mass is 16.1. The number of aryl methyl sites for hydroxylation is 1. The molecule has 4 heteroatoms. The zero-order chi connectivity index (χ0) is 10.0. The van der Waals surface area contributed by atoms with Gasteiger partial charge in [-0.05, 0) is 20.8 Å². The molecule has 0 atom stereocenters. The van der Waals surface area contributed by atoms with Gasteiger partial charge in [0.05, 0.1) is 0 Å². The van der Waals surface area contributed by atoms with Crippen LogP contribution >= 0.6 is 0 Å². The van der Waals surface area contributed by atoms with Gasteiger partial charge in [-0.1, -0.05) is 0 Å². The van der Waals surface area contributed by atoms with Crippen molar-refractivity contribution < 1.29 is 0 Å². The first-order valence-electron chi connectivity index (χ1n) is 4.33. The Bertz CT molecular complexity index is 354. The topological polar surface area (TPSA) is 46.9 Å². The SMILES string of the molecule is CNc1nc(=O)n(C(C)C)cc1C. The lowest BCUT2D eigenvalue weighted by molar-refractivity contribution is 0.562. The van der Waals surface area contributed by atoms with E-state index in [-0.39, 0.29) is 11.7 Å². The molecule has 0 amide bonds. The van der Waals surface area contributed by atoms with Gasteiger partial charge in [-0.2, -0.15) is 4.98 Å². The number of anilines is 1. The van der Waals surface area contributed by atoms with Gasteiger partial charge in [0, 0.05) is 24.8 Å². The zero-order valence-electron chi connectivity index (χ0n) is 8.46. The van der Waals surface area contributed by atoms with Crippen molar-refractivity contribution >= 4 is 5.82 Å². The summed E-state index contributed by atoms with van der Waals surface area (Å²) in [4.78, 5) is 15.3. The van der Waals surface area contributed by atoms with E-state index in [1.807, 2.05) is 27.0 Å². The normalized spacial score (nSPS) is 10.5. The largest absolute Gasteiger partial charge is 0.373 e. The monoisotopic (exact) mass is 181 g/mol. The number of hydrogen-bond acceptors (Lipinski definition) is 3. The van der Waals surface area contributed by atoms with Crippen molar-refractivity contribution in [3.63, 3.8) is 0 Å². The molecule has 0 saturated heterocycles. The Kier molecular flexibility index (Phi) is 2.70. The van der Waals surface area contributed by atoms with Crippen molar-refractivity contribution in [3.8, 4) is 0 Å². The summed E-state index contributed by atoms with van der Waals surface area (Å²) in [6.07, 6.45) is 1.83. The van der Waals surface area contributed by atoms with Gasteiger partial charge < -0.3 is 5.32 Å². The van der Waals surface area contributed by atoms with Gasteiger partial charge in [0.25, 0.3) is 0 Å². The molecule has 13 heavy (non-hydrogen) atoms. The van der Waals surface area contributed by atoms with Crippen molar-refractivity contribution in [2.45, 2.75) is 26.8 Å². The molecule has 1 rings (SSSR count). The summed E-state index contributed by atoms with van der Waals surface area (Å²) >= 11 is 0. The smallest absolute Gasteiger partial charge is 0.349 e. The van der Waals surface area contributed by atoms with Gasteiger partial charge in [-0.25, -0.2) is 4.79 Å². The summed E-state index contributed by atoms with van der Waals surface area (Å²) in [6, 6.07) is 0.157. The standard InChI is InChI=1S/C9H15N3O/c1-6(2)12-5-7(3)8(10-4)11-9(12)13/h5-6H,1-4H3,(H,10,11,13). The molecule has 1 aromatic rings. The second kappa shape index (κ2) is 3.60. The minimum Gasteiger partial charge on any atom is -0.373 e. The van der Waals surface area contributed by atoms with E-state index in [1.165, 1.54) is 0 Å². The Balaban J connectivity index is 3.29. The second-order valence-corrected chi connectivity index (χ2v) is 3.31. The van der Waals surface area contributed by atoms with Gasteiger partial charge in [0.15, 0.2) is 0 Å². The molecular formula is C9H15N3O. The van der Waals surface area contributed by atoms with Crippen LogP contribution in [-0.2, 0) is 0 Å². The van der Waals surface area contributed by atoms with Gasteiger partial charge in [0.1, 0.15) is 5.82 Å². The zero-order valence-corrected chi connectivity index (χ0v) is 8.46. The first-order chi connectivity index (χ1) is 6.06. The highest BCUT2D eigenvalue weighted by molar-refractivity contribution is 5.40. The van der Waals surface area contributed by atoms with Crippen LogP contribution in [0.4, 0.5) is 5.82 Å². The molecule has 0 aliphatic carbocycles. The van der Waals surface area contributed by atoms with E-state index in [4.69, 9.17) is 0 Å². The number of nitrogens with zero attached hydrogens (tertiary/aromatic N) is 2. The highest BCUT2D eigenvalue weighted by Crippen LogP contribution is 2.08. The van der Waals surface area contributed by atoms with E-state index in [0.29, 0.717) is 5.82 Å². The third-order valence-corrected chi connectivity index (χ3v) is 1.93. The molecule has 0 aromatic carbocycles. The molecule has 0 aliphatic rings. The quantitative estimate of drug-likeness (QED) is 0.745. The molecule has 1 heterocycles. The summed E-state index contributed by atoms with van der Waals surface area (Å²) in [5.41, 5.74) is 0.778. The van der Waals surface area contributed by atoms with Crippen LogP contribution in [0.5, 0.6) is 0 Å². The van der Waals surface area contributed by atoms with Gasteiger partial charge in [-0.3, -0.25) is 4.57 Å². The van der Waals surface area contributed by atoms with Crippen molar-refractivity contribution in [1.82, 2.24) is 9.55 Å². The second-order valence-electron chi connectivity index (χ2n) is 3.31. The van der Waals surface area contributed by atoms with Crippen LogP contribution in [0.2, 0.25) is 0 Å². The van der Waals surface area contributed by atoms with E-state index in [1.54, 1.807) is 11.6 Å². The molecule has 0 unspecified atom stereocenters. The number of rotatable bonds is 2. The molecule has 0 spiro atoms. The molecule has 0 bridgehead atoms. The number of nitrogens with one attached hydrogen (secondary N) is 1. The molecule has 1 aromatic heterocycles. The number of hydrogen-bond donors (Lipinski definition) is 1. The highest BCUT2D eigenvalue weighted by Gasteiger charge is 2.05. The van der Waals surface area contributed by atoms with E-state index in [9.17, 15) is 4.79 Å². The lowest BCUT2D eigenvalue weighted by Gasteiger charge is -2.11. The fraction of sp³-hybridized carbons (Fsp3) is 0.556. The third kappa shape index (κ3) is 1.88. The maximum absolute atomic E-state index is 11.4. The Morgan fingerprint density at radius 1 is 1.54 bits per heavy atom. The Morgan fingerprint density at radius 2 is 2.15 bits per heavy atom. The summed E-state index contributed by atoms with van der Waals surface area (Å²) in [5, 5.41) is 2.88. The van der Waals surface area contributed by atoms with E-state index < -0.39 is 0 Å². The van der Waals surface area contributed by atoms with Crippen molar-refractivity contribution in [2.24, 2.45) is 0 Å². The predicted octanol–water partition coefficient (Wildman–Crippen LogP) is 1.17. The Hall–Kier alpha value is -1.32. The van der Waals surface area contributed by atoms with E-state index in [2.05, 4.69) is 10.3 Å². The molecule has 0 fully saturated rings. The van der Waals surface area contributed by atoms with Gasteiger partial charge >= 0.3 is 5.69 Å². The summed E-state index contributed by atoms with van der Waals surface area (Å²) in [6.45, 7) is 5.85. The Morgan fingerprint density at radius 3 is 2.62 bits per heavy atom. The first kappa shape index (κ1) is 9.77. The Labute approximate surface area is 77.6 Å². The molecule has 4 nitrogen and oxygen atoms in total. The minimum atomic E-state index is -0.204. The van der Waals surface area contributed by atoms with Crippen LogP contribution in [0.1, 0.15) is 25.5 Å². The maximum Gasteiger partial charge on any atom is 0.349 e. The predicted molar refractivity (Wildman–Crippen MR) is 53.2 cm³/mol. The van der Waals surface area contributed by atoms with Crippen LogP contribution in [0.25, 0.3) is 0 Å². The molecule has 0 radical (unpaired) electrons. The molecular weight excluding hydrogens is 166 g/mol. The molecule has 1 N–H and O–H groups in total. The van der Waals surface area contributed by atoms with Crippen LogP contribution in [-0.4, -0.2) is 16.6 Å².